The van der Waals surface area contributed by atoms with Crippen molar-refractivity contribution in [1.29, 1.82) is 0 Å². The van der Waals surface area contributed by atoms with E-state index in [-0.39, 0.29) is 24.9 Å². The lowest BCUT2D eigenvalue weighted by molar-refractivity contribution is -0.151. The van der Waals surface area contributed by atoms with Crippen LogP contribution in [0.1, 0.15) is 278 Å². The molecule has 0 aliphatic rings. The number of carbonyl (C=O) groups is 2. The first-order chi connectivity index (χ1) is 32.0. The first-order valence-electron chi connectivity index (χ1n) is 28.0. The summed E-state index contributed by atoms with van der Waals surface area (Å²) < 4.78 is 5.92. The van der Waals surface area contributed by atoms with Gasteiger partial charge in [0.05, 0.1) is 25.2 Å². The smallest absolute Gasteiger partial charge is 0.306 e. The molecule has 0 aromatic heterocycles. The summed E-state index contributed by atoms with van der Waals surface area (Å²) in [7, 11) is 0. The number of rotatable bonds is 50. The Morgan fingerprint density at radius 1 is 0.462 bits per heavy atom. The van der Waals surface area contributed by atoms with Crippen molar-refractivity contribution in [2.75, 3.05) is 6.61 Å². The van der Waals surface area contributed by atoms with Crippen LogP contribution in [0.2, 0.25) is 0 Å². The van der Waals surface area contributed by atoms with Gasteiger partial charge in [0.15, 0.2) is 0 Å². The Labute approximate surface area is 403 Å². The molecule has 0 heterocycles. The molecule has 378 valence electrons. The number of unbranched alkanes of at least 4 members (excludes halogenated alkanes) is 28. The highest BCUT2D eigenvalue weighted by atomic mass is 16.5. The van der Waals surface area contributed by atoms with Crippen molar-refractivity contribution < 1.29 is 24.5 Å². The third kappa shape index (κ3) is 47.8. The van der Waals surface area contributed by atoms with E-state index >= 15 is 0 Å². The molecule has 3 N–H and O–H groups in total. The lowest BCUT2D eigenvalue weighted by Crippen LogP contribution is -2.46. The van der Waals surface area contributed by atoms with Gasteiger partial charge in [0.25, 0.3) is 0 Å². The first-order valence-corrected chi connectivity index (χ1v) is 28.0. The zero-order valence-electron chi connectivity index (χ0n) is 43.1. The van der Waals surface area contributed by atoms with Gasteiger partial charge < -0.3 is 20.3 Å². The minimum absolute atomic E-state index is 0.0400. The summed E-state index contributed by atoms with van der Waals surface area (Å²) in [5.74, 6) is -0.522. The van der Waals surface area contributed by atoms with Crippen molar-refractivity contribution in [2.45, 2.75) is 296 Å². The van der Waals surface area contributed by atoms with Crippen LogP contribution in [-0.2, 0) is 14.3 Å². The van der Waals surface area contributed by atoms with Gasteiger partial charge in [-0.1, -0.05) is 261 Å². The summed E-state index contributed by atoms with van der Waals surface area (Å²) in [6.45, 7) is 6.37. The molecule has 6 heteroatoms. The van der Waals surface area contributed by atoms with Gasteiger partial charge in [-0.3, -0.25) is 9.59 Å². The molecule has 0 rings (SSSR count). The van der Waals surface area contributed by atoms with Crippen LogP contribution < -0.4 is 5.32 Å². The quantitative estimate of drug-likeness (QED) is 0.0321. The van der Waals surface area contributed by atoms with Crippen LogP contribution in [0.3, 0.4) is 0 Å². The van der Waals surface area contributed by atoms with E-state index in [0.29, 0.717) is 19.3 Å². The molecule has 0 radical (unpaired) electrons. The second-order valence-corrected chi connectivity index (χ2v) is 19.0. The summed E-state index contributed by atoms with van der Waals surface area (Å²) in [5, 5.41) is 23.8. The topological polar surface area (TPSA) is 95.9 Å². The van der Waals surface area contributed by atoms with E-state index in [1.165, 1.54) is 148 Å². The molecule has 3 unspecified atom stereocenters. The van der Waals surface area contributed by atoms with Crippen molar-refractivity contribution in [2.24, 2.45) is 0 Å². The number of carbonyl (C=O) groups excluding carboxylic acids is 2. The number of hydrogen-bond acceptors (Lipinski definition) is 5. The van der Waals surface area contributed by atoms with Gasteiger partial charge in [0.1, 0.15) is 6.10 Å². The van der Waals surface area contributed by atoms with Crippen LogP contribution in [0, 0.1) is 0 Å². The van der Waals surface area contributed by atoms with Gasteiger partial charge in [0, 0.05) is 6.42 Å². The van der Waals surface area contributed by atoms with Crippen LogP contribution in [0.4, 0.5) is 0 Å². The lowest BCUT2D eigenvalue weighted by atomic mass is 10.0. The van der Waals surface area contributed by atoms with Crippen LogP contribution in [0.5, 0.6) is 0 Å². The maximum absolute atomic E-state index is 13.2. The fourth-order valence-corrected chi connectivity index (χ4v) is 8.41. The van der Waals surface area contributed by atoms with Crippen molar-refractivity contribution >= 4 is 11.9 Å². The van der Waals surface area contributed by atoms with Crippen molar-refractivity contribution in [3.05, 3.63) is 60.8 Å². The zero-order valence-corrected chi connectivity index (χ0v) is 43.1. The van der Waals surface area contributed by atoms with Crippen molar-refractivity contribution in [1.82, 2.24) is 5.32 Å². The first kappa shape index (κ1) is 62.6. The number of allylic oxidation sites excluding steroid dienone is 10. The average Bonchev–Trinajstić information content (AvgIpc) is 3.30. The zero-order chi connectivity index (χ0) is 47.4. The Hall–Kier alpha value is -2.44. The molecule has 0 fully saturated rings. The maximum atomic E-state index is 13.2. The van der Waals surface area contributed by atoms with Crippen molar-refractivity contribution in [3.8, 4) is 0 Å². The largest absolute Gasteiger partial charge is 0.462 e. The van der Waals surface area contributed by atoms with Crippen LogP contribution >= 0.6 is 0 Å². The number of nitrogens with one attached hydrogen (secondary N) is 1. The predicted molar refractivity (Wildman–Crippen MR) is 282 cm³/mol. The third-order valence-corrected chi connectivity index (χ3v) is 12.6. The van der Waals surface area contributed by atoms with Crippen LogP contribution in [0.15, 0.2) is 60.8 Å². The number of esters is 1. The number of aliphatic hydroxyl groups excluding tert-OH is 2. The average molecular weight is 911 g/mol. The molecule has 0 aromatic carbocycles. The SMILES string of the molecule is CC/C=C\C/C=C\C/C=C\C/C=C\C/C=C\CCCC(CC(=O)NC(CO)C(O)CCCCCCCCCCCCCCCCCC)OC(=O)CCCCCCCCCCCCCCC. The summed E-state index contributed by atoms with van der Waals surface area (Å²) >= 11 is 0. The van der Waals surface area contributed by atoms with E-state index in [1.54, 1.807) is 0 Å². The van der Waals surface area contributed by atoms with E-state index in [1.807, 2.05) is 0 Å². The second kappa shape index (κ2) is 52.5. The molecule has 65 heavy (non-hydrogen) atoms. The normalized spacial score (nSPS) is 13.6. The highest BCUT2D eigenvalue weighted by Gasteiger charge is 2.24. The molecule has 0 aliphatic carbocycles. The molecule has 0 aliphatic heterocycles. The fraction of sp³-hybridized carbons (Fsp3) is 0.797. The summed E-state index contributed by atoms with van der Waals surface area (Å²) in [4.78, 5) is 26.2. The van der Waals surface area contributed by atoms with Gasteiger partial charge >= 0.3 is 5.97 Å². The van der Waals surface area contributed by atoms with E-state index in [2.05, 4.69) is 86.8 Å². The Bertz CT molecular complexity index is 1160. The van der Waals surface area contributed by atoms with E-state index in [0.717, 1.165) is 83.5 Å². The monoisotopic (exact) mass is 910 g/mol. The van der Waals surface area contributed by atoms with Gasteiger partial charge in [0.2, 0.25) is 5.91 Å². The minimum Gasteiger partial charge on any atom is -0.462 e. The number of ether oxygens (including phenoxy) is 1. The molecule has 1 amide bonds. The highest BCUT2D eigenvalue weighted by Crippen LogP contribution is 2.18. The van der Waals surface area contributed by atoms with Gasteiger partial charge in [-0.2, -0.15) is 0 Å². The maximum Gasteiger partial charge on any atom is 0.306 e. The summed E-state index contributed by atoms with van der Waals surface area (Å²) in [6, 6.07) is -0.720. The van der Waals surface area contributed by atoms with Gasteiger partial charge in [-0.15, -0.1) is 0 Å². The summed E-state index contributed by atoms with van der Waals surface area (Å²) in [6.07, 6.45) is 65.7. The Balaban J connectivity index is 4.64. The van der Waals surface area contributed by atoms with Gasteiger partial charge in [-0.05, 0) is 64.2 Å². The predicted octanol–water partition coefficient (Wildman–Crippen LogP) is 17.2. The molecule has 0 aromatic rings. The molecular formula is C59H107NO5. The van der Waals surface area contributed by atoms with Gasteiger partial charge in [-0.25, -0.2) is 0 Å². The molecule has 0 spiro atoms. The summed E-state index contributed by atoms with van der Waals surface area (Å²) in [5.41, 5.74) is 0. The number of amides is 1. The minimum atomic E-state index is -0.803. The number of hydrogen-bond donors (Lipinski definition) is 3. The number of aliphatic hydroxyl groups is 2. The van der Waals surface area contributed by atoms with Crippen molar-refractivity contribution in [3.63, 3.8) is 0 Å². The highest BCUT2D eigenvalue weighted by molar-refractivity contribution is 5.77. The second-order valence-electron chi connectivity index (χ2n) is 19.0. The van der Waals surface area contributed by atoms with Crippen LogP contribution in [-0.4, -0.2) is 46.9 Å². The molecule has 3 atom stereocenters. The molecule has 0 saturated carbocycles. The molecule has 0 saturated heterocycles. The standard InChI is InChI=1S/C59H107NO5/c1-4-7-10-13-16-19-22-25-27-29-30-33-35-38-41-44-47-50-55(65-59(64)52-49-46-43-40-37-32-24-21-18-15-12-9-6-3)53-58(63)60-56(54-61)57(62)51-48-45-42-39-36-34-31-28-26-23-20-17-14-11-8-5-2/h7,10,16,19,25,27,30,33,38,41,55-57,61-62H,4-6,8-9,11-15,17-18,20-24,26,28-29,31-32,34-37,39-40,42-54H2,1-3H3,(H,60,63)/b10-7-,19-16-,27-25-,33-30-,41-38-. The van der Waals surface area contributed by atoms with E-state index < -0.39 is 18.2 Å². The fourth-order valence-electron chi connectivity index (χ4n) is 8.41. The third-order valence-electron chi connectivity index (χ3n) is 12.6. The molecule has 0 bridgehead atoms. The Morgan fingerprint density at radius 2 is 0.831 bits per heavy atom. The Morgan fingerprint density at radius 3 is 1.23 bits per heavy atom. The van der Waals surface area contributed by atoms with E-state index in [4.69, 9.17) is 4.74 Å². The van der Waals surface area contributed by atoms with E-state index in [9.17, 15) is 19.8 Å². The lowest BCUT2D eigenvalue weighted by Gasteiger charge is -2.24. The Kier molecular flexibility index (Phi) is 50.6. The van der Waals surface area contributed by atoms with Crippen LogP contribution in [0.25, 0.3) is 0 Å². The molecular weight excluding hydrogens is 803 g/mol. The molecule has 6 nitrogen and oxygen atoms in total.